The highest BCUT2D eigenvalue weighted by atomic mass is 35.5. The summed E-state index contributed by atoms with van der Waals surface area (Å²) in [5.74, 6) is -0.233. The predicted molar refractivity (Wildman–Crippen MR) is 56.1 cm³/mol. The average molecular weight is 210 g/mol. The van der Waals surface area contributed by atoms with E-state index in [-0.39, 0.29) is 5.82 Å². The smallest absolute Gasteiger partial charge is 0.136 e. The molecular weight excluding hydrogens is 201 g/mol. The van der Waals surface area contributed by atoms with Crippen LogP contribution in [0.3, 0.4) is 0 Å². The van der Waals surface area contributed by atoms with E-state index in [4.69, 9.17) is 11.6 Å². The number of nitrogens with zero attached hydrogens (tertiary/aromatic N) is 1. The fourth-order valence-corrected chi connectivity index (χ4v) is 1.77. The lowest BCUT2D eigenvalue weighted by Gasteiger charge is -2.05. The van der Waals surface area contributed by atoms with Gasteiger partial charge in [-0.15, -0.1) is 0 Å². The number of halogens is 2. The van der Waals surface area contributed by atoms with E-state index in [1.165, 1.54) is 6.07 Å². The van der Waals surface area contributed by atoms with Crippen LogP contribution in [0, 0.1) is 5.82 Å². The molecule has 0 bridgehead atoms. The third-order valence-corrected chi connectivity index (χ3v) is 2.57. The standard InChI is InChI=1S/C11H9ClFN/c1-2-7-6-14-11(12)8-4-3-5-9(13)10(7)8/h3-6H,2H2,1H3. The Labute approximate surface area is 86.5 Å². The number of hydrogen-bond donors (Lipinski definition) is 0. The summed E-state index contributed by atoms with van der Waals surface area (Å²) in [5, 5.41) is 1.64. The number of aryl methyl sites for hydroxylation is 1. The summed E-state index contributed by atoms with van der Waals surface area (Å²) in [6, 6.07) is 4.87. The summed E-state index contributed by atoms with van der Waals surface area (Å²) < 4.78 is 13.5. The minimum Gasteiger partial charge on any atom is -0.244 e. The van der Waals surface area contributed by atoms with Gasteiger partial charge in [-0.25, -0.2) is 9.37 Å². The lowest BCUT2D eigenvalue weighted by atomic mass is 10.1. The molecule has 2 aromatic rings. The first-order valence-corrected chi connectivity index (χ1v) is 4.83. The maximum Gasteiger partial charge on any atom is 0.136 e. The number of pyridine rings is 1. The Morgan fingerprint density at radius 2 is 2.21 bits per heavy atom. The molecule has 1 aromatic carbocycles. The maximum absolute atomic E-state index is 13.5. The molecular formula is C11H9ClFN. The number of hydrogen-bond acceptors (Lipinski definition) is 1. The zero-order chi connectivity index (χ0) is 10.1. The summed E-state index contributed by atoms with van der Waals surface area (Å²) in [6.45, 7) is 1.97. The summed E-state index contributed by atoms with van der Waals surface area (Å²) in [4.78, 5) is 4.02. The van der Waals surface area contributed by atoms with Crippen LogP contribution in [-0.4, -0.2) is 4.98 Å². The van der Waals surface area contributed by atoms with Crippen molar-refractivity contribution in [1.29, 1.82) is 0 Å². The Kier molecular flexibility index (Phi) is 2.38. The van der Waals surface area contributed by atoms with Crippen LogP contribution in [0.4, 0.5) is 4.39 Å². The molecule has 1 aromatic heterocycles. The summed E-state index contributed by atoms with van der Waals surface area (Å²) in [5.41, 5.74) is 0.891. The van der Waals surface area contributed by atoms with E-state index in [1.54, 1.807) is 18.3 Å². The first-order valence-electron chi connectivity index (χ1n) is 4.45. The van der Waals surface area contributed by atoms with Gasteiger partial charge >= 0.3 is 0 Å². The van der Waals surface area contributed by atoms with E-state index >= 15 is 0 Å². The monoisotopic (exact) mass is 209 g/mol. The number of rotatable bonds is 1. The van der Waals surface area contributed by atoms with Crippen LogP contribution in [0.1, 0.15) is 12.5 Å². The quantitative estimate of drug-likeness (QED) is 0.654. The van der Waals surface area contributed by atoms with E-state index in [9.17, 15) is 4.39 Å². The Balaban J connectivity index is 2.92. The van der Waals surface area contributed by atoms with Gasteiger partial charge in [-0.1, -0.05) is 30.7 Å². The molecule has 0 saturated carbocycles. The highest BCUT2D eigenvalue weighted by Gasteiger charge is 2.08. The average Bonchev–Trinajstić information content (AvgIpc) is 2.20. The van der Waals surface area contributed by atoms with Gasteiger partial charge < -0.3 is 0 Å². The van der Waals surface area contributed by atoms with Gasteiger partial charge in [0.2, 0.25) is 0 Å². The van der Waals surface area contributed by atoms with Crippen molar-refractivity contribution in [2.45, 2.75) is 13.3 Å². The van der Waals surface area contributed by atoms with Gasteiger partial charge in [-0.2, -0.15) is 0 Å². The summed E-state index contributed by atoms with van der Waals surface area (Å²) >= 11 is 5.88. The molecule has 0 saturated heterocycles. The zero-order valence-electron chi connectivity index (χ0n) is 7.72. The van der Waals surface area contributed by atoms with Crippen LogP contribution < -0.4 is 0 Å². The van der Waals surface area contributed by atoms with Crippen molar-refractivity contribution >= 4 is 22.4 Å². The highest BCUT2D eigenvalue weighted by Crippen LogP contribution is 2.26. The van der Waals surface area contributed by atoms with Crippen molar-refractivity contribution in [1.82, 2.24) is 4.98 Å². The second kappa shape index (κ2) is 3.54. The molecule has 0 unspecified atom stereocenters. The summed E-state index contributed by atoms with van der Waals surface area (Å²) in [6.07, 6.45) is 2.38. The molecule has 0 N–H and O–H groups in total. The van der Waals surface area contributed by atoms with E-state index in [0.717, 1.165) is 12.0 Å². The van der Waals surface area contributed by atoms with Crippen LogP contribution >= 0.6 is 11.6 Å². The Bertz CT molecular complexity index is 482. The summed E-state index contributed by atoms with van der Waals surface area (Å²) in [7, 11) is 0. The van der Waals surface area contributed by atoms with Crippen LogP contribution in [0.2, 0.25) is 5.15 Å². The van der Waals surface area contributed by atoms with Gasteiger partial charge in [0.1, 0.15) is 11.0 Å². The van der Waals surface area contributed by atoms with Crippen LogP contribution in [0.25, 0.3) is 10.8 Å². The number of fused-ring (bicyclic) bond motifs is 1. The normalized spacial score (nSPS) is 10.8. The molecule has 72 valence electrons. The van der Waals surface area contributed by atoms with Crippen molar-refractivity contribution in [2.75, 3.05) is 0 Å². The molecule has 3 heteroatoms. The molecule has 1 heterocycles. The molecule has 0 atom stereocenters. The minimum absolute atomic E-state index is 0.233. The third kappa shape index (κ3) is 1.36. The van der Waals surface area contributed by atoms with Gasteiger partial charge in [0.05, 0.1) is 0 Å². The zero-order valence-corrected chi connectivity index (χ0v) is 8.48. The molecule has 0 radical (unpaired) electrons. The molecule has 14 heavy (non-hydrogen) atoms. The van der Waals surface area contributed by atoms with Crippen molar-refractivity contribution in [3.63, 3.8) is 0 Å². The predicted octanol–water partition coefficient (Wildman–Crippen LogP) is 3.59. The minimum atomic E-state index is -0.233. The van der Waals surface area contributed by atoms with Crippen molar-refractivity contribution < 1.29 is 4.39 Å². The van der Waals surface area contributed by atoms with Gasteiger partial charge in [-0.05, 0) is 18.1 Å². The topological polar surface area (TPSA) is 12.9 Å². The van der Waals surface area contributed by atoms with Crippen LogP contribution in [-0.2, 0) is 6.42 Å². The van der Waals surface area contributed by atoms with Crippen molar-refractivity contribution in [3.8, 4) is 0 Å². The van der Waals surface area contributed by atoms with Crippen LogP contribution in [0.15, 0.2) is 24.4 Å². The highest BCUT2D eigenvalue weighted by molar-refractivity contribution is 6.34. The molecule has 0 aliphatic heterocycles. The van der Waals surface area contributed by atoms with E-state index < -0.39 is 0 Å². The first kappa shape index (κ1) is 9.41. The Hall–Kier alpha value is -1.15. The molecule has 0 aliphatic rings. The second-order valence-corrected chi connectivity index (χ2v) is 3.45. The van der Waals surface area contributed by atoms with E-state index in [2.05, 4.69) is 4.98 Å². The Morgan fingerprint density at radius 3 is 2.93 bits per heavy atom. The van der Waals surface area contributed by atoms with Crippen molar-refractivity contribution in [3.05, 3.63) is 40.9 Å². The van der Waals surface area contributed by atoms with Gasteiger partial charge in [-0.3, -0.25) is 0 Å². The van der Waals surface area contributed by atoms with Gasteiger partial charge in [0, 0.05) is 17.0 Å². The van der Waals surface area contributed by atoms with E-state index in [0.29, 0.717) is 15.9 Å². The Morgan fingerprint density at radius 1 is 1.43 bits per heavy atom. The number of benzene rings is 1. The van der Waals surface area contributed by atoms with Gasteiger partial charge in [0.25, 0.3) is 0 Å². The largest absolute Gasteiger partial charge is 0.244 e. The SMILES string of the molecule is CCc1cnc(Cl)c2cccc(F)c12. The third-order valence-electron chi connectivity index (χ3n) is 2.27. The molecule has 0 spiro atoms. The molecule has 2 rings (SSSR count). The van der Waals surface area contributed by atoms with Gasteiger partial charge in [0.15, 0.2) is 0 Å². The lowest BCUT2D eigenvalue weighted by molar-refractivity contribution is 0.638. The lowest BCUT2D eigenvalue weighted by Crippen LogP contribution is -1.90. The second-order valence-electron chi connectivity index (χ2n) is 3.09. The molecule has 0 aliphatic carbocycles. The molecule has 0 amide bonds. The molecule has 0 fully saturated rings. The molecule has 1 nitrogen and oxygen atoms in total. The van der Waals surface area contributed by atoms with E-state index in [1.807, 2.05) is 6.92 Å². The fourth-order valence-electron chi connectivity index (χ4n) is 1.56. The maximum atomic E-state index is 13.5. The fraction of sp³-hybridized carbons (Fsp3) is 0.182. The first-order chi connectivity index (χ1) is 6.74. The van der Waals surface area contributed by atoms with Crippen molar-refractivity contribution in [2.24, 2.45) is 0 Å². The number of aromatic nitrogens is 1. The van der Waals surface area contributed by atoms with Crippen LogP contribution in [0.5, 0.6) is 0 Å².